The van der Waals surface area contributed by atoms with Gasteiger partial charge in [-0.3, -0.25) is 0 Å². The van der Waals surface area contributed by atoms with Gasteiger partial charge in [-0.05, 0) is 30.3 Å². The van der Waals surface area contributed by atoms with Crippen molar-refractivity contribution in [2.24, 2.45) is 0 Å². The summed E-state index contributed by atoms with van der Waals surface area (Å²) < 4.78 is 10.8. The number of benzene rings is 2. The quantitative estimate of drug-likeness (QED) is 0.763. The van der Waals surface area contributed by atoms with Crippen molar-refractivity contribution in [3.63, 3.8) is 0 Å². The number of carboxylic acids is 2. The molecule has 2 N–H and O–H groups in total. The summed E-state index contributed by atoms with van der Waals surface area (Å²) in [6, 6.07) is 13.0. The third-order valence-electron chi connectivity index (χ3n) is 2.82. The van der Waals surface area contributed by atoms with E-state index in [1.165, 1.54) is 18.2 Å². The summed E-state index contributed by atoms with van der Waals surface area (Å²) >= 11 is 0. The predicted molar refractivity (Wildman–Crippen MR) is 77.8 cm³/mol. The maximum Gasteiger partial charge on any atom is 0.336 e. The molecule has 0 bridgehead atoms. The average Bonchev–Trinajstić information content (AvgIpc) is 2.52. The van der Waals surface area contributed by atoms with Gasteiger partial charge in [0.05, 0.1) is 11.1 Å². The fraction of sp³-hybridized carbons (Fsp3) is 0.125. The number of carboxylic acid groups (broad SMARTS) is 2. The Hall–Kier alpha value is -3.02. The summed E-state index contributed by atoms with van der Waals surface area (Å²) in [6.45, 7) is 0.494. The Bertz CT molecular complexity index is 666. The van der Waals surface area contributed by atoms with Crippen LogP contribution < -0.4 is 9.47 Å². The second-order valence-corrected chi connectivity index (χ2v) is 4.33. The van der Waals surface area contributed by atoms with E-state index in [-0.39, 0.29) is 30.1 Å². The molecule has 6 heteroatoms. The van der Waals surface area contributed by atoms with Gasteiger partial charge in [0.2, 0.25) is 0 Å². The predicted octanol–water partition coefficient (Wildman–Crippen LogP) is 2.54. The van der Waals surface area contributed by atoms with E-state index in [2.05, 4.69) is 0 Å². The number of para-hydroxylation sites is 1. The Morgan fingerprint density at radius 2 is 1.36 bits per heavy atom. The standard InChI is InChI=1S/C16H14O6/c17-15(18)13-7-6-12(10-14(13)16(19)20)22-9-8-21-11-4-2-1-3-5-11/h1-7,10H,8-9H2,(H,17,18)(H,19,20). The van der Waals surface area contributed by atoms with E-state index in [9.17, 15) is 9.59 Å². The Morgan fingerprint density at radius 3 is 1.95 bits per heavy atom. The second-order valence-electron chi connectivity index (χ2n) is 4.33. The van der Waals surface area contributed by atoms with Gasteiger partial charge in [-0.25, -0.2) is 9.59 Å². The van der Waals surface area contributed by atoms with Gasteiger partial charge in [0.1, 0.15) is 24.7 Å². The summed E-state index contributed by atoms with van der Waals surface area (Å²) in [7, 11) is 0. The smallest absolute Gasteiger partial charge is 0.336 e. The molecule has 6 nitrogen and oxygen atoms in total. The molecule has 0 heterocycles. The number of hydrogen-bond donors (Lipinski definition) is 2. The molecule has 0 spiro atoms. The van der Waals surface area contributed by atoms with Crippen LogP contribution in [0.2, 0.25) is 0 Å². The fourth-order valence-electron chi connectivity index (χ4n) is 1.81. The van der Waals surface area contributed by atoms with E-state index in [1.54, 1.807) is 0 Å². The summed E-state index contributed by atoms with van der Waals surface area (Å²) in [6.07, 6.45) is 0. The molecule has 0 fully saturated rings. The van der Waals surface area contributed by atoms with Crippen LogP contribution in [0.3, 0.4) is 0 Å². The number of rotatable bonds is 7. The topological polar surface area (TPSA) is 93.1 Å². The van der Waals surface area contributed by atoms with Crippen LogP contribution in [0.25, 0.3) is 0 Å². The van der Waals surface area contributed by atoms with Crippen molar-refractivity contribution in [3.05, 3.63) is 59.7 Å². The minimum absolute atomic E-state index is 0.209. The molecule has 2 aromatic carbocycles. The lowest BCUT2D eigenvalue weighted by molar-refractivity contribution is 0.0651. The van der Waals surface area contributed by atoms with E-state index in [1.807, 2.05) is 30.3 Å². The first-order valence-corrected chi connectivity index (χ1v) is 6.49. The lowest BCUT2D eigenvalue weighted by atomic mass is 10.1. The maximum absolute atomic E-state index is 11.0. The second kappa shape index (κ2) is 7.12. The average molecular weight is 302 g/mol. The van der Waals surface area contributed by atoms with Gasteiger partial charge < -0.3 is 19.7 Å². The highest BCUT2D eigenvalue weighted by molar-refractivity contribution is 6.01. The van der Waals surface area contributed by atoms with E-state index >= 15 is 0 Å². The van der Waals surface area contributed by atoms with E-state index < -0.39 is 11.9 Å². The SMILES string of the molecule is O=C(O)c1ccc(OCCOc2ccccc2)cc1C(=O)O. The molecular weight excluding hydrogens is 288 g/mol. The molecule has 2 rings (SSSR count). The van der Waals surface area contributed by atoms with Crippen LogP contribution in [-0.4, -0.2) is 35.4 Å². The van der Waals surface area contributed by atoms with Gasteiger partial charge in [-0.15, -0.1) is 0 Å². The molecule has 2 aromatic rings. The Balaban J connectivity index is 1.94. The van der Waals surface area contributed by atoms with Crippen molar-refractivity contribution >= 4 is 11.9 Å². The zero-order chi connectivity index (χ0) is 15.9. The highest BCUT2D eigenvalue weighted by atomic mass is 16.5. The molecule has 0 aromatic heterocycles. The Morgan fingerprint density at radius 1 is 0.773 bits per heavy atom. The van der Waals surface area contributed by atoms with Crippen LogP contribution in [0.15, 0.2) is 48.5 Å². The van der Waals surface area contributed by atoms with Crippen LogP contribution in [0, 0.1) is 0 Å². The van der Waals surface area contributed by atoms with Crippen molar-refractivity contribution in [2.75, 3.05) is 13.2 Å². The Kier molecular flexibility index (Phi) is 4.98. The van der Waals surface area contributed by atoms with Crippen molar-refractivity contribution < 1.29 is 29.3 Å². The third kappa shape index (κ3) is 3.99. The van der Waals surface area contributed by atoms with E-state index in [4.69, 9.17) is 19.7 Å². The molecule has 0 radical (unpaired) electrons. The first-order chi connectivity index (χ1) is 10.6. The normalized spacial score (nSPS) is 10.0. The largest absolute Gasteiger partial charge is 0.490 e. The molecule has 0 aliphatic heterocycles. The van der Waals surface area contributed by atoms with Crippen LogP contribution in [0.5, 0.6) is 11.5 Å². The fourth-order valence-corrected chi connectivity index (χ4v) is 1.81. The highest BCUT2D eigenvalue weighted by Crippen LogP contribution is 2.18. The third-order valence-corrected chi connectivity index (χ3v) is 2.82. The minimum Gasteiger partial charge on any atom is -0.490 e. The van der Waals surface area contributed by atoms with Gasteiger partial charge in [-0.1, -0.05) is 18.2 Å². The molecular formula is C16H14O6. The molecule has 0 amide bonds. The first kappa shape index (κ1) is 15.4. The van der Waals surface area contributed by atoms with Crippen LogP contribution in [0.4, 0.5) is 0 Å². The number of hydrogen-bond acceptors (Lipinski definition) is 4. The summed E-state index contributed by atoms with van der Waals surface area (Å²) in [5.41, 5.74) is -0.589. The Labute approximate surface area is 126 Å². The van der Waals surface area contributed by atoms with Gasteiger partial charge >= 0.3 is 11.9 Å². The van der Waals surface area contributed by atoms with Crippen molar-refractivity contribution in [2.45, 2.75) is 0 Å². The lowest BCUT2D eigenvalue weighted by Crippen LogP contribution is -2.11. The van der Waals surface area contributed by atoms with Gasteiger partial charge in [-0.2, -0.15) is 0 Å². The molecule has 0 saturated carbocycles. The molecule has 0 atom stereocenters. The zero-order valence-electron chi connectivity index (χ0n) is 11.6. The first-order valence-electron chi connectivity index (χ1n) is 6.49. The van der Waals surface area contributed by atoms with Crippen LogP contribution in [0.1, 0.15) is 20.7 Å². The minimum atomic E-state index is -1.32. The molecule has 0 unspecified atom stereocenters. The molecule has 0 saturated heterocycles. The molecule has 0 aliphatic rings. The van der Waals surface area contributed by atoms with Crippen molar-refractivity contribution in [3.8, 4) is 11.5 Å². The zero-order valence-corrected chi connectivity index (χ0v) is 11.6. The number of aromatic carboxylic acids is 2. The monoisotopic (exact) mass is 302 g/mol. The van der Waals surface area contributed by atoms with Gasteiger partial charge in [0, 0.05) is 0 Å². The van der Waals surface area contributed by atoms with Crippen LogP contribution in [-0.2, 0) is 0 Å². The summed E-state index contributed by atoms with van der Waals surface area (Å²) in [5.74, 6) is -1.63. The number of carbonyl (C=O) groups is 2. The molecule has 22 heavy (non-hydrogen) atoms. The molecule has 114 valence electrons. The lowest BCUT2D eigenvalue weighted by Gasteiger charge is -2.09. The van der Waals surface area contributed by atoms with Crippen molar-refractivity contribution in [1.82, 2.24) is 0 Å². The van der Waals surface area contributed by atoms with Crippen LogP contribution >= 0.6 is 0 Å². The number of ether oxygens (including phenoxy) is 2. The molecule has 0 aliphatic carbocycles. The van der Waals surface area contributed by atoms with E-state index in [0.29, 0.717) is 5.75 Å². The summed E-state index contributed by atoms with van der Waals surface area (Å²) in [4.78, 5) is 22.0. The van der Waals surface area contributed by atoms with E-state index in [0.717, 1.165) is 0 Å². The maximum atomic E-state index is 11.0. The van der Waals surface area contributed by atoms with Gasteiger partial charge in [0.25, 0.3) is 0 Å². The van der Waals surface area contributed by atoms with Gasteiger partial charge in [0.15, 0.2) is 0 Å². The van der Waals surface area contributed by atoms with Crippen molar-refractivity contribution in [1.29, 1.82) is 0 Å². The summed E-state index contributed by atoms with van der Waals surface area (Å²) in [5, 5.41) is 17.9. The highest BCUT2D eigenvalue weighted by Gasteiger charge is 2.16.